The SMILES string of the molecule is C=C(C[C@H](C(=C)C1CCC[C@H]1C1=Cc2cc([C@H]3CC[C@H](c4ccc5c(c4)C=C([C@@H]4CCCC4C(=C)[C@@H](CC(C)=O)C(C)C)C5)C3c3cc(C)c(C4CCCCC4)c(C)c3)ccc2C1)C(C)C)OC.CC. The zero-order valence-electron chi connectivity index (χ0n) is 45.7. The molecule has 376 valence electrons. The first-order valence-corrected chi connectivity index (χ1v) is 28.6. The smallest absolute Gasteiger partial charge is 0.130 e. The van der Waals surface area contributed by atoms with Crippen LogP contribution < -0.4 is 0 Å². The van der Waals surface area contributed by atoms with Crippen LogP contribution in [0, 0.1) is 61.2 Å². The van der Waals surface area contributed by atoms with Gasteiger partial charge in [0.1, 0.15) is 5.78 Å². The number of ether oxygens (including phenoxy) is 1. The molecule has 3 aromatic carbocycles. The molecule has 0 heterocycles. The van der Waals surface area contributed by atoms with Gasteiger partial charge in [-0.1, -0.05) is 176 Å². The first-order chi connectivity index (χ1) is 33.7. The molecule has 0 spiro atoms. The summed E-state index contributed by atoms with van der Waals surface area (Å²) in [5, 5.41) is 0. The van der Waals surface area contributed by atoms with Crippen LogP contribution in [-0.2, 0) is 22.4 Å². The quantitative estimate of drug-likeness (QED) is 0.0996. The Morgan fingerprint density at radius 2 is 1.06 bits per heavy atom. The molecule has 0 aromatic heterocycles. The van der Waals surface area contributed by atoms with Crippen LogP contribution in [0.4, 0.5) is 0 Å². The Hall–Kier alpha value is -4.17. The topological polar surface area (TPSA) is 26.3 Å². The Kier molecular flexibility index (Phi) is 16.9. The molecule has 0 radical (unpaired) electrons. The van der Waals surface area contributed by atoms with Crippen LogP contribution in [0.25, 0.3) is 12.2 Å². The van der Waals surface area contributed by atoms with Gasteiger partial charge in [0.05, 0.1) is 12.9 Å². The molecule has 0 N–H and O–H groups in total. The van der Waals surface area contributed by atoms with Gasteiger partial charge in [-0.25, -0.2) is 0 Å². The summed E-state index contributed by atoms with van der Waals surface area (Å²) in [6, 6.07) is 20.6. The van der Waals surface area contributed by atoms with Crippen LogP contribution in [0.15, 0.2) is 96.3 Å². The lowest BCUT2D eigenvalue weighted by Crippen LogP contribution is -2.23. The monoisotopic (exact) mass is 941 g/mol. The highest BCUT2D eigenvalue weighted by Crippen LogP contribution is 2.57. The molecule has 0 bridgehead atoms. The number of hydrogen-bond acceptors (Lipinski definition) is 2. The second-order valence-corrected chi connectivity index (χ2v) is 23.9. The predicted octanol–water partition coefficient (Wildman–Crippen LogP) is 18.7. The second kappa shape index (κ2) is 22.7. The van der Waals surface area contributed by atoms with Gasteiger partial charge < -0.3 is 9.53 Å². The van der Waals surface area contributed by atoms with Crippen molar-refractivity contribution in [1.29, 1.82) is 0 Å². The number of benzene rings is 3. The van der Waals surface area contributed by atoms with Crippen molar-refractivity contribution in [2.45, 2.75) is 195 Å². The van der Waals surface area contributed by atoms with Gasteiger partial charge in [0.2, 0.25) is 0 Å². The zero-order valence-corrected chi connectivity index (χ0v) is 45.7. The van der Waals surface area contributed by atoms with Crippen molar-refractivity contribution in [2.75, 3.05) is 7.11 Å². The lowest BCUT2D eigenvalue weighted by molar-refractivity contribution is -0.118. The Morgan fingerprint density at radius 3 is 1.50 bits per heavy atom. The van der Waals surface area contributed by atoms with Crippen molar-refractivity contribution < 1.29 is 9.53 Å². The minimum atomic E-state index is 0.273. The van der Waals surface area contributed by atoms with E-state index in [0.717, 1.165) is 25.0 Å². The summed E-state index contributed by atoms with van der Waals surface area (Å²) in [6.45, 7) is 33.6. The van der Waals surface area contributed by atoms with E-state index in [9.17, 15) is 4.79 Å². The Bertz CT molecular complexity index is 2440. The summed E-state index contributed by atoms with van der Waals surface area (Å²) in [4.78, 5) is 12.4. The van der Waals surface area contributed by atoms with E-state index in [1.807, 2.05) is 13.8 Å². The summed E-state index contributed by atoms with van der Waals surface area (Å²) < 4.78 is 5.58. The van der Waals surface area contributed by atoms with Crippen LogP contribution in [0.3, 0.4) is 0 Å². The minimum Gasteiger partial charge on any atom is -0.502 e. The van der Waals surface area contributed by atoms with Gasteiger partial charge in [0, 0.05) is 12.8 Å². The summed E-state index contributed by atoms with van der Waals surface area (Å²) in [5.74, 6) is 6.96. The van der Waals surface area contributed by atoms with Crippen molar-refractivity contribution in [3.05, 3.63) is 152 Å². The maximum absolute atomic E-state index is 12.4. The van der Waals surface area contributed by atoms with Gasteiger partial charge >= 0.3 is 0 Å². The predicted molar refractivity (Wildman–Crippen MR) is 299 cm³/mol. The molecule has 2 heteroatoms. The van der Waals surface area contributed by atoms with Gasteiger partial charge in [-0.05, 0) is 212 Å². The van der Waals surface area contributed by atoms with E-state index in [0.29, 0.717) is 71.5 Å². The highest BCUT2D eigenvalue weighted by Gasteiger charge is 2.42. The summed E-state index contributed by atoms with van der Waals surface area (Å²) in [7, 11) is 1.76. The highest BCUT2D eigenvalue weighted by atomic mass is 16.5. The fourth-order valence-electron chi connectivity index (χ4n) is 15.6. The third kappa shape index (κ3) is 10.8. The van der Waals surface area contributed by atoms with Crippen molar-refractivity contribution in [2.24, 2.45) is 47.3 Å². The molecule has 3 aromatic rings. The molecule has 6 aliphatic carbocycles. The Balaban J connectivity index is 0.00000325. The molecule has 70 heavy (non-hydrogen) atoms. The maximum Gasteiger partial charge on any atom is 0.130 e. The first-order valence-electron chi connectivity index (χ1n) is 28.6. The number of allylic oxidation sites excluding steroid dienone is 5. The molecule has 0 amide bonds. The van der Waals surface area contributed by atoms with Crippen LogP contribution in [-0.4, -0.2) is 12.9 Å². The van der Waals surface area contributed by atoms with Crippen LogP contribution in [0.1, 0.15) is 224 Å². The van der Waals surface area contributed by atoms with E-state index >= 15 is 0 Å². The van der Waals surface area contributed by atoms with E-state index in [4.69, 9.17) is 17.9 Å². The number of rotatable bonds is 17. The van der Waals surface area contributed by atoms with Crippen molar-refractivity contribution in [3.8, 4) is 0 Å². The van der Waals surface area contributed by atoms with Gasteiger partial charge in [-0.2, -0.15) is 0 Å². The van der Waals surface area contributed by atoms with Gasteiger partial charge in [0.25, 0.3) is 0 Å². The molecule has 2 nitrogen and oxygen atoms in total. The number of Topliss-reactive ketones (excluding diaryl/α,β-unsaturated/α-hetero) is 1. The summed E-state index contributed by atoms with van der Waals surface area (Å²) in [6.07, 6.45) is 25.6. The minimum absolute atomic E-state index is 0.273. The number of methoxy groups -OCH3 is 1. The van der Waals surface area contributed by atoms with Crippen molar-refractivity contribution in [3.63, 3.8) is 0 Å². The van der Waals surface area contributed by atoms with E-state index in [-0.39, 0.29) is 11.7 Å². The standard InChI is InChI=1S/C66H86O2.C2H6/c1-39(2)63(31-43(7)67)45(9)57-19-15-21-59(57)54-33-48-23-25-50(35-52(48)37-54)61-27-28-62(66(61)56-29-41(5)65(42(6)30-56)47-17-13-12-14-18-47)51-26-24-49-34-55(38-53(49)36-51)60-22-16-20-58(60)46(10)64(40(3)4)32-44(8)68-11;1-2/h23-26,29-30,35-40,47,57-64,66H,8-10,12-22,27-28,31-34H2,1-7,11H3;1-2H3/t57?,58?,59-,60-,61+,62+,63-,64-,66?;/m0./s1. The third-order valence-electron chi connectivity index (χ3n) is 19.1. The maximum atomic E-state index is 12.4. The fourth-order valence-corrected chi connectivity index (χ4v) is 15.6. The molecule has 0 aliphatic heterocycles. The van der Waals surface area contributed by atoms with Crippen LogP contribution in [0.2, 0.25) is 0 Å². The van der Waals surface area contributed by atoms with Gasteiger partial charge in [-0.3, -0.25) is 0 Å². The molecule has 6 aliphatic rings. The molecular weight excluding hydrogens is 849 g/mol. The molecular formula is C68H92O2. The Morgan fingerprint density at radius 1 is 0.586 bits per heavy atom. The first kappa shape index (κ1) is 52.2. The number of carbonyl (C=O) groups excluding carboxylic acids is 1. The Labute approximate surface area is 427 Å². The van der Waals surface area contributed by atoms with Crippen LogP contribution in [0.5, 0.6) is 0 Å². The van der Waals surface area contributed by atoms with Gasteiger partial charge in [0.15, 0.2) is 0 Å². The lowest BCUT2D eigenvalue weighted by atomic mass is 9.74. The molecule has 9 rings (SSSR count). The number of fused-ring (bicyclic) bond motifs is 2. The van der Waals surface area contributed by atoms with E-state index in [2.05, 4.69) is 109 Å². The molecule has 9 atom stereocenters. The lowest BCUT2D eigenvalue weighted by Gasteiger charge is -2.31. The fraction of sp³-hybridized carbons (Fsp3) is 0.574. The number of hydrogen-bond donors (Lipinski definition) is 0. The number of ketones is 1. The molecule has 4 saturated carbocycles. The van der Waals surface area contributed by atoms with Crippen molar-refractivity contribution in [1.82, 2.24) is 0 Å². The van der Waals surface area contributed by atoms with E-state index < -0.39 is 0 Å². The van der Waals surface area contributed by atoms with E-state index in [1.165, 1.54) is 139 Å². The number of carbonyl (C=O) groups is 1. The molecule has 3 unspecified atom stereocenters. The van der Waals surface area contributed by atoms with E-state index in [1.54, 1.807) is 36.3 Å². The normalized spacial score (nSPS) is 26.0. The summed E-state index contributed by atoms with van der Waals surface area (Å²) in [5.41, 5.74) is 21.2. The van der Waals surface area contributed by atoms with Crippen LogP contribution >= 0.6 is 0 Å². The van der Waals surface area contributed by atoms with Crippen molar-refractivity contribution >= 4 is 17.9 Å². The highest BCUT2D eigenvalue weighted by molar-refractivity contribution is 5.76. The zero-order chi connectivity index (χ0) is 50.0. The average molecular weight is 941 g/mol. The van der Waals surface area contributed by atoms with Gasteiger partial charge in [-0.15, -0.1) is 0 Å². The summed E-state index contributed by atoms with van der Waals surface area (Å²) >= 11 is 0. The average Bonchev–Trinajstić information content (AvgIpc) is 4.21. The number of aryl methyl sites for hydroxylation is 2. The molecule has 0 saturated heterocycles. The molecule has 4 fully saturated rings. The second-order valence-electron chi connectivity index (χ2n) is 23.9. The largest absolute Gasteiger partial charge is 0.502 e. The third-order valence-corrected chi connectivity index (χ3v) is 19.1.